The van der Waals surface area contributed by atoms with E-state index in [-0.39, 0.29) is 29.7 Å². The highest BCUT2D eigenvalue weighted by molar-refractivity contribution is 5.95. The van der Waals surface area contributed by atoms with E-state index in [2.05, 4.69) is 17.2 Å². The Kier molecular flexibility index (Phi) is 4.69. The second-order valence-electron chi connectivity index (χ2n) is 6.52. The highest BCUT2D eigenvalue weighted by Crippen LogP contribution is 2.34. The van der Waals surface area contributed by atoms with Crippen molar-refractivity contribution in [2.24, 2.45) is 17.3 Å². The third-order valence-corrected chi connectivity index (χ3v) is 4.56. The normalized spacial score (nSPS) is 21.6. The van der Waals surface area contributed by atoms with Crippen LogP contribution >= 0.6 is 0 Å². The topological polar surface area (TPSA) is 58.2 Å². The molecule has 22 heavy (non-hydrogen) atoms. The molecule has 1 aromatic rings. The molecule has 2 N–H and O–H groups in total. The van der Waals surface area contributed by atoms with Gasteiger partial charge < -0.3 is 10.6 Å². The highest BCUT2D eigenvalue weighted by atomic mass is 16.2. The Morgan fingerprint density at radius 2 is 1.95 bits per heavy atom. The van der Waals surface area contributed by atoms with E-state index in [9.17, 15) is 9.59 Å². The molecule has 2 rings (SSSR count). The zero-order chi connectivity index (χ0) is 16.3. The van der Waals surface area contributed by atoms with Crippen LogP contribution in [-0.4, -0.2) is 17.9 Å². The van der Waals surface area contributed by atoms with Gasteiger partial charge in [-0.15, -0.1) is 6.58 Å². The van der Waals surface area contributed by atoms with Crippen molar-refractivity contribution in [2.75, 3.05) is 5.32 Å². The minimum atomic E-state index is -0.523. The quantitative estimate of drug-likeness (QED) is 0.794. The van der Waals surface area contributed by atoms with E-state index in [4.69, 9.17) is 0 Å². The number of nitrogens with one attached hydrogen (secondary N) is 2. The van der Waals surface area contributed by atoms with Crippen molar-refractivity contribution >= 4 is 17.5 Å². The lowest BCUT2D eigenvalue weighted by Gasteiger charge is -2.28. The van der Waals surface area contributed by atoms with Crippen LogP contribution in [0.4, 0.5) is 5.69 Å². The first-order valence-corrected chi connectivity index (χ1v) is 7.65. The summed E-state index contributed by atoms with van der Waals surface area (Å²) in [6.07, 6.45) is 2.48. The van der Waals surface area contributed by atoms with E-state index in [1.54, 1.807) is 6.08 Å². The van der Waals surface area contributed by atoms with Gasteiger partial charge >= 0.3 is 0 Å². The van der Waals surface area contributed by atoms with Crippen molar-refractivity contribution in [3.8, 4) is 0 Å². The molecule has 1 aliphatic rings. The van der Waals surface area contributed by atoms with Crippen LogP contribution in [0.2, 0.25) is 0 Å². The average Bonchev–Trinajstić information content (AvgIpc) is 3.26. The Hall–Kier alpha value is -2.10. The van der Waals surface area contributed by atoms with Crippen LogP contribution in [0.1, 0.15) is 27.2 Å². The molecule has 0 bridgehead atoms. The summed E-state index contributed by atoms with van der Waals surface area (Å²) in [4.78, 5) is 24.5. The van der Waals surface area contributed by atoms with Crippen molar-refractivity contribution < 1.29 is 9.59 Å². The summed E-state index contributed by atoms with van der Waals surface area (Å²) < 4.78 is 0. The molecule has 0 spiro atoms. The summed E-state index contributed by atoms with van der Waals surface area (Å²) in [5.74, 6) is -0.132. The van der Waals surface area contributed by atoms with E-state index in [0.717, 1.165) is 5.69 Å². The summed E-state index contributed by atoms with van der Waals surface area (Å²) >= 11 is 0. The van der Waals surface area contributed by atoms with Crippen LogP contribution in [0.15, 0.2) is 43.0 Å². The molecule has 1 saturated carbocycles. The van der Waals surface area contributed by atoms with Crippen LogP contribution in [0.3, 0.4) is 0 Å². The SMILES string of the molecule is C=CC(C)C(C)(C)C(=O)NC1CC1C(=O)Nc1ccccc1. The fourth-order valence-corrected chi connectivity index (χ4v) is 2.26. The molecule has 0 radical (unpaired) electrons. The summed E-state index contributed by atoms with van der Waals surface area (Å²) in [5.41, 5.74) is 0.259. The number of para-hydroxylation sites is 1. The lowest BCUT2D eigenvalue weighted by molar-refractivity contribution is -0.131. The Bertz CT molecular complexity index is 566. The van der Waals surface area contributed by atoms with E-state index in [1.165, 1.54) is 0 Å². The number of carbonyl (C=O) groups excluding carboxylic acids is 2. The van der Waals surface area contributed by atoms with Gasteiger partial charge in [-0.25, -0.2) is 0 Å². The van der Waals surface area contributed by atoms with Crippen LogP contribution in [0.5, 0.6) is 0 Å². The third kappa shape index (κ3) is 3.56. The molecule has 0 heterocycles. The van der Waals surface area contributed by atoms with Gasteiger partial charge in [0, 0.05) is 17.1 Å². The molecule has 0 saturated heterocycles. The second-order valence-corrected chi connectivity index (χ2v) is 6.52. The number of allylic oxidation sites excluding steroid dienone is 1. The molecule has 2 amide bonds. The Morgan fingerprint density at radius 3 is 2.55 bits per heavy atom. The number of amides is 2. The van der Waals surface area contributed by atoms with Gasteiger partial charge in [0.2, 0.25) is 11.8 Å². The number of hydrogen-bond acceptors (Lipinski definition) is 2. The fourth-order valence-electron chi connectivity index (χ4n) is 2.26. The smallest absolute Gasteiger partial charge is 0.229 e. The predicted molar refractivity (Wildman–Crippen MR) is 88.3 cm³/mol. The second kappa shape index (κ2) is 6.34. The molecule has 3 unspecified atom stereocenters. The lowest BCUT2D eigenvalue weighted by Crippen LogP contribution is -2.42. The summed E-state index contributed by atoms with van der Waals surface area (Å²) in [7, 11) is 0. The maximum absolute atomic E-state index is 12.4. The van der Waals surface area contributed by atoms with E-state index < -0.39 is 5.41 Å². The molecule has 0 aliphatic heterocycles. The minimum absolute atomic E-state index is 0.0279. The van der Waals surface area contributed by atoms with Crippen LogP contribution in [0, 0.1) is 17.3 Å². The van der Waals surface area contributed by atoms with Crippen molar-refractivity contribution in [2.45, 2.75) is 33.2 Å². The summed E-state index contributed by atoms with van der Waals surface area (Å²) in [5, 5.41) is 5.85. The molecule has 4 heteroatoms. The largest absolute Gasteiger partial charge is 0.352 e. The molecule has 1 aromatic carbocycles. The summed E-state index contributed by atoms with van der Waals surface area (Å²) in [6, 6.07) is 9.29. The number of anilines is 1. The van der Waals surface area contributed by atoms with Crippen LogP contribution in [-0.2, 0) is 9.59 Å². The van der Waals surface area contributed by atoms with Crippen molar-refractivity contribution in [1.82, 2.24) is 5.32 Å². The molecule has 3 atom stereocenters. The van der Waals surface area contributed by atoms with E-state index >= 15 is 0 Å². The molecule has 118 valence electrons. The van der Waals surface area contributed by atoms with Crippen molar-refractivity contribution in [1.29, 1.82) is 0 Å². The average molecular weight is 300 g/mol. The van der Waals surface area contributed by atoms with Gasteiger partial charge in [0.15, 0.2) is 0 Å². The van der Waals surface area contributed by atoms with Gasteiger partial charge in [-0.3, -0.25) is 9.59 Å². The highest BCUT2D eigenvalue weighted by Gasteiger charge is 2.46. The maximum Gasteiger partial charge on any atom is 0.229 e. The van der Waals surface area contributed by atoms with Crippen LogP contribution in [0.25, 0.3) is 0 Å². The van der Waals surface area contributed by atoms with Gasteiger partial charge in [0.1, 0.15) is 0 Å². The first-order chi connectivity index (χ1) is 10.4. The Labute approximate surface area is 132 Å². The first-order valence-electron chi connectivity index (χ1n) is 7.65. The summed E-state index contributed by atoms with van der Waals surface area (Å²) in [6.45, 7) is 9.52. The lowest BCUT2D eigenvalue weighted by atomic mass is 9.79. The van der Waals surface area contributed by atoms with E-state index in [0.29, 0.717) is 6.42 Å². The van der Waals surface area contributed by atoms with Gasteiger partial charge in [-0.2, -0.15) is 0 Å². The van der Waals surface area contributed by atoms with Crippen molar-refractivity contribution in [3.63, 3.8) is 0 Å². The number of carbonyl (C=O) groups is 2. The van der Waals surface area contributed by atoms with Gasteiger partial charge in [-0.1, -0.05) is 45.0 Å². The zero-order valence-electron chi connectivity index (χ0n) is 13.4. The van der Waals surface area contributed by atoms with Crippen molar-refractivity contribution in [3.05, 3.63) is 43.0 Å². The molecular formula is C18H24N2O2. The maximum atomic E-state index is 12.4. The number of hydrogen-bond donors (Lipinski definition) is 2. The standard InChI is InChI=1S/C18H24N2O2/c1-5-12(2)18(3,4)17(22)20-15-11-14(15)16(21)19-13-9-7-6-8-10-13/h5-10,12,14-15H,1,11H2,2-4H3,(H,19,21)(H,20,22). The molecule has 0 aromatic heterocycles. The van der Waals surface area contributed by atoms with Gasteiger partial charge in [0.25, 0.3) is 0 Å². The fraction of sp³-hybridized carbons (Fsp3) is 0.444. The number of benzene rings is 1. The minimum Gasteiger partial charge on any atom is -0.352 e. The monoisotopic (exact) mass is 300 g/mol. The third-order valence-electron chi connectivity index (χ3n) is 4.56. The van der Waals surface area contributed by atoms with Gasteiger partial charge in [-0.05, 0) is 24.5 Å². The molecule has 4 nitrogen and oxygen atoms in total. The molecule has 1 fully saturated rings. The van der Waals surface area contributed by atoms with E-state index in [1.807, 2.05) is 51.1 Å². The van der Waals surface area contributed by atoms with Crippen LogP contribution < -0.4 is 10.6 Å². The molecule has 1 aliphatic carbocycles. The number of rotatable bonds is 6. The Morgan fingerprint density at radius 1 is 1.32 bits per heavy atom. The zero-order valence-corrected chi connectivity index (χ0v) is 13.4. The van der Waals surface area contributed by atoms with Gasteiger partial charge in [0.05, 0.1) is 5.92 Å². The molecular weight excluding hydrogens is 276 g/mol. The first kappa shape index (κ1) is 16.3. The predicted octanol–water partition coefficient (Wildman–Crippen LogP) is 2.98. The Balaban J connectivity index is 1.86.